The number of anilines is 1. The molecule has 0 bridgehead atoms. The molecule has 2 aromatic carbocycles. The fourth-order valence-electron chi connectivity index (χ4n) is 3.53. The summed E-state index contributed by atoms with van der Waals surface area (Å²) in [7, 11) is 0. The van der Waals surface area contributed by atoms with E-state index in [2.05, 4.69) is 21.1 Å². The van der Waals surface area contributed by atoms with Crippen molar-refractivity contribution in [1.82, 2.24) is 5.16 Å². The Balaban J connectivity index is 1.91. The first-order valence-electron chi connectivity index (χ1n) is 9.87. The van der Waals surface area contributed by atoms with Gasteiger partial charge in [0.25, 0.3) is 5.78 Å². The summed E-state index contributed by atoms with van der Waals surface area (Å²) in [6, 6.07) is 14.3. The number of Topliss-reactive ketones (excluding diaryl/α,β-unsaturated/α-hetero) is 1. The van der Waals surface area contributed by atoms with Gasteiger partial charge in [-0.15, -0.1) is 0 Å². The summed E-state index contributed by atoms with van der Waals surface area (Å²) < 4.78 is 6.28. The van der Waals surface area contributed by atoms with E-state index in [4.69, 9.17) is 16.1 Å². The molecule has 1 aliphatic rings. The molecular formula is C24H20BrClN2O4. The molecule has 8 heteroatoms. The molecule has 1 saturated heterocycles. The summed E-state index contributed by atoms with van der Waals surface area (Å²) in [4.78, 5) is 27.5. The molecule has 0 aliphatic carbocycles. The maximum atomic E-state index is 13.1. The Morgan fingerprint density at radius 3 is 2.28 bits per heavy atom. The summed E-state index contributed by atoms with van der Waals surface area (Å²) in [5, 5.41) is 15.7. The molecule has 164 valence electrons. The van der Waals surface area contributed by atoms with Crippen molar-refractivity contribution in [2.75, 3.05) is 4.90 Å². The topological polar surface area (TPSA) is 83.6 Å². The zero-order valence-corrected chi connectivity index (χ0v) is 19.9. The lowest BCUT2D eigenvalue weighted by molar-refractivity contribution is -0.132. The van der Waals surface area contributed by atoms with Crippen LogP contribution in [0.1, 0.15) is 43.7 Å². The SMILES string of the molecule is CC(C)(C)c1cc(N2C(=O)C(=O)/C(=C(/O)c3ccc(Br)cc3)[C@@H]2c2ccc(Cl)cc2)no1. The minimum atomic E-state index is -0.895. The Kier molecular flexibility index (Phi) is 5.73. The van der Waals surface area contributed by atoms with Gasteiger partial charge < -0.3 is 9.63 Å². The van der Waals surface area contributed by atoms with Gasteiger partial charge in [-0.1, -0.05) is 77.7 Å². The minimum absolute atomic E-state index is 0.0278. The Morgan fingerprint density at radius 2 is 1.72 bits per heavy atom. The van der Waals surface area contributed by atoms with Crippen LogP contribution in [0.2, 0.25) is 5.02 Å². The second-order valence-electron chi connectivity index (χ2n) is 8.53. The lowest BCUT2D eigenvalue weighted by Gasteiger charge is -2.23. The Labute approximate surface area is 198 Å². The number of amides is 1. The van der Waals surface area contributed by atoms with Crippen LogP contribution in [-0.2, 0) is 15.0 Å². The van der Waals surface area contributed by atoms with Crippen molar-refractivity contribution in [3.8, 4) is 0 Å². The standard InChI is InChI=1S/C24H20BrClN2O4/c1-24(2,3)17-12-18(27-32-17)28-20(13-6-10-16(26)11-7-13)19(22(30)23(28)31)21(29)14-4-8-15(25)9-5-14/h4-12,20,29H,1-3H3/b21-19+/t20-/m0/s1. The molecule has 1 amide bonds. The summed E-state index contributed by atoms with van der Waals surface area (Å²) in [6.45, 7) is 5.86. The van der Waals surface area contributed by atoms with E-state index < -0.39 is 17.7 Å². The van der Waals surface area contributed by atoms with Gasteiger partial charge in [-0.3, -0.25) is 14.5 Å². The Hall–Kier alpha value is -2.90. The zero-order valence-electron chi connectivity index (χ0n) is 17.6. The van der Waals surface area contributed by atoms with Gasteiger partial charge in [-0.05, 0) is 29.8 Å². The number of hydrogen-bond donors (Lipinski definition) is 1. The molecule has 0 radical (unpaired) electrons. The quantitative estimate of drug-likeness (QED) is 0.262. The highest BCUT2D eigenvalue weighted by atomic mass is 79.9. The average molecular weight is 516 g/mol. The monoisotopic (exact) mass is 514 g/mol. The highest BCUT2D eigenvalue weighted by Gasteiger charge is 2.48. The first-order chi connectivity index (χ1) is 15.1. The lowest BCUT2D eigenvalue weighted by Crippen LogP contribution is -2.29. The van der Waals surface area contributed by atoms with E-state index in [-0.39, 0.29) is 22.6 Å². The van der Waals surface area contributed by atoms with E-state index in [9.17, 15) is 14.7 Å². The van der Waals surface area contributed by atoms with E-state index in [0.717, 1.165) is 4.47 Å². The molecule has 1 aliphatic heterocycles. The van der Waals surface area contributed by atoms with Gasteiger partial charge >= 0.3 is 5.91 Å². The van der Waals surface area contributed by atoms with Crippen LogP contribution in [0, 0.1) is 0 Å². The van der Waals surface area contributed by atoms with Gasteiger partial charge in [0.05, 0.1) is 11.6 Å². The number of carbonyl (C=O) groups excluding carboxylic acids is 2. The zero-order chi connectivity index (χ0) is 23.2. The van der Waals surface area contributed by atoms with Crippen LogP contribution >= 0.6 is 27.5 Å². The van der Waals surface area contributed by atoms with Crippen LogP contribution in [0.3, 0.4) is 0 Å². The van der Waals surface area contributed by atoms with E-state index >= 15 is 0 Å². The molecule has 3 aromatic rings. The molecule has 0 saturated carbocycles. The smallest absolute Gasteiger partial charge is 0.301 e. The summed E-state index contributed by atoms with van der Waals surface area (Å²) in [5.74, 6) is -1.09. The predicted molar refractivity (Wildman–Crippen MR) is 126 cm³/mol. The largest absolute Gasteiger partial charge is 0.507 e. The highest BCUT2D eigenvalue weighted by Crippen LogP contribution is 2.42. The molecule has 0 spiro atoms. The van der Waals surface area contributed by atoms with E-state index in [1.165, 1.54) is 4.90 Å². The first-order valence-corrected chi connectivity index (χ1v) is 11.0. The summed E-state index contributed by atoms with van der Waals surface area (Å²) >= 11 is 9.41. The molecular weight excluding hydrogens is 496 g/mol. The van der Waals surface area contributed by atoms with Crippen LogP contribution in [0.25, 0.3) is 5.76 Å². The van der Waals surface area contributed by atoms with Crippen molar-refractivity contribution < 1.29 is 19.2 Å². The molecule has 2 heterocycles. The third kappa shape index (κ3) is 3.98. The molecule has 1 aromatic heterocycles. The number of aliphatic hydroxyl groups is 1. The second kappa shape index (κ2) is 8.22. The van der Waals surface area contributed by atoms with Crippen molar-refractivity contribution in [3.63, 3.8) is 0 Å². The van der Waals surface area contributed by atoms with Crippen LogP contribution in [0.15, 0.2) is 69.2 Å². The molecule has 32 heavy (non-hydrogen) atoms. The van der Waals surface area contributed by atoms with Crippen LogP contribution < -0.4 is 4.90 Å². The Morgan fingerprint density at radius 1 is 1.09 bits per heavy atom. The number of nitrogens with zero attached hydrogens (tertiary/aromatic N) is 2. The number of benzene rings is 2. The fourth-order valence-corrected chi connectivity index (χ4v) is 3.92. The number of rotatable bonds is 3. The number of ketones is 1. The van der Waals surface area contributed by atoms with Crippen molar-refractivity contribution in [3.05, 3.63) is 86.6 Å². The first kappa shape index (κ1) is 22.3. The fraction of sp³-hybridized carbons (Fsp3) is 0.208. The van der Waals surface area contributed by atoms with Crippen molar-refractivity contribution >= 4 is 50.8 Å². The van der Waals surface area contributed by atoms with Gasteiger partial charge in [0.2, 0.25) is 0 Å². The molecule has 6 nitrogen and oxygen atoms in total. The molecule has 0 unspecified atom stereocenters. The molecule has 4 rings (SSSR count). The van der Waals surface area contributed by atoms with Crippen molar-refractivity contribution in [2.45, 2.75) is 32.2 Å². The number of carbonyl (C=O) groups is 2. The van der Waals surface area contributed by atoms with Crippen LogP contribution in [0.4, 0.5) is 5.82 Å². The van der Waals surface area contributed by atoms with Gasteiger partial charge in [0.15, 0.2) is 5.82 Å². The van der Waals surface area contributed by atoms with Crippen LogP contribution in [0.5, 0.6) is 0 Å². The van der Waals surface area contributed by atoms with E-state index in [1.807, 2.05) is 20.8 Å². The maximum absolute atomic E-state index is 13.1. The van der Waals surface area contributed by atoms with Crippen LogP contribution in [-0.4, -0.2) is 22.0 Å². The number of halogens is 2. The average Bonchev–Trinajstić information content (AvgIpc) is 3.32. The van der Waals surface area contributed by atoms with Crippen molar-refractivity contribution in [2.24, 2.45) is 0 Å². The van der Waals surface area contributed by atoms with Gasteiger partial charge in [-0.2, -0.15) is 0 Å². The highest BCUT2D eigenvalue weighted by molar-refractivity contribution is 9.10. The molecule has 1 fully saturated rings. The van der Waals surface area contributed by atoms with Gasteiger partial charge in [0.1, 0.15) is 11.5 Å². The number of aliphatic hydroxyl groups excluding tert-OH is 1. The number of aromatic nitrogens is 1. The third-order valence-electron chi connectivity index (χ3n) is 5.23. The van der Waals surface area contributed by atoms with E-state index in [0.29, 0.717) is 21.9 Å². The van der Waals surface area contributed by atoms with Gasteiger partial charge in [0, 0.05) is 26.5 Å². The Bertz CT molecular complexity index is 1220. The van der Waals surface area contributed by atoms with E-state index in [1.54, 1.807) is 54.6 Å². The molecule has 1 N–H and O–H groups in total. The summed E-state index contributed by atoms with van der Waals surface area (Å²) in [6.07, 6.45) is 0. The summed E-state index contributed by atoms with van der Waals surface area (Å²) in [5.41, 5.74) is 0.652. The van der Waals surface area contributed by atoms with Crippen molar-refractivity contribution in [1.29, 1.82) is 0 Å². The predicted octanol–water partition coefficient (Wildman–Crippen LogP) is 6.01. The minimum Gasteiger partial charge on any atom is -0.507 e. The second-order valence-corrected chi connectivity index (χ2v) is 9.88. The number of hydrogen-bond acceptors (Lipinski definition) is 5. The maximum Gasteiger partial charge on any atom is 0.301 e. The van der Waals surface area contributed by atoms with Gasteiger partial charge in [-0.25, -0.2) is 0 Å². The lowest BCUT2D eigenvalue weighted by atomic mass is 9.93. The third-order valence-corrected chi connectivity index (χ3v) is 6.01. The normalized spacial score (nSPS) is 18.4. The molecule has 1 atom stereocenters.